The number of para-hydroxylation sites is 1. The number of nitrogens with two attached hydrogens (primary N) is 1. The molecule has 3 N–H and O–H groups in total. The van der Waals surface area contributed by atoms with Gasteiger partial charge in [0.15, 0.2) is 5.75 Å². The summed E-state index contributed by atoms with van der Waals surface area (Å²) in [5.74, 6) is 1.07. The van der Waals surface area contributed by atoms with Gasteiger partial charge in [0.25, 0.3) is 5.69 Å². The van der Waals surface area contributed by atoms with Crippen LogP contribution in [0.15, 0.2) is 42.5 Å². The van der Waals surface area contributed by atoms with Gasteiger partial charge >= 0.3 is 6.09 Å². The highest BCUT2D eigenvalue weighted by molar-refractivity contribution is 5.86. The predicted molar refractivity (Wildman–Crippen MR) is 112 cm³/mol. The van der Waals surface area contributed by atoms with E-state index in [9.17, 15) is 14.9 Å². The van der Waals surface area contributed by atoms with Crippen molar-refractivity contribution in [3.63, 3.8) is 0 Å². The number of H-pyrrole nitrogens is 1. The van der Waals surface area contributed by atoms with Gasteiger partial charge < -0.3 is 20.4 Å². The molecule has 1 amide bonds. The Balaban J connectivity index is 1.34. The molecule has 0 unspecified atom stereocenters. The molecule has 0 radical (unpaired) electrons. The zero-order valence-electron chi connectivity index (χ0n) is 16.3. The van der Waals surface area contributed by atoms with E-state index in [4.69, 9.17) is 10.5 Å². The maximum absolute atomic E-state index is 11.1. The topological polar surface area (TPSA) is 131 Å². The number of nitro benzene ring substituents is 1. The van der Waals surface area contributed by atoms with Gasteiger partial charge in [-0.2, -0.15) is 0 Å². The first-order valence-corrected chi connectivity index (χ1v) is 9.66. The van der Waals surface area contributed by atoms with Crippen LogP contribution in [0.3, 0.4) is 0 Å². The number of rotatable bonds is 6. The first kappa shape index (κ1) is 19.6. The van der Waals surface area contributed by atoms with Crippen LogP contribution in [-0.2, 0) is 6.42 Å². The second kappa shape index (κ2) is 8.37. The number of ether oxygens (including phenoxy) is 1. The van der Waals surface area contributed by atoms with E-state index in [-0.39, 0.29) is 10.6 Å². The average molecular weight is 410 g/mol. The highest BCUT2D eigenvalue weighted by Gasteiger charge is 2.20. The van der Waals surface area contributed by atoms with Crippen LogP contribution in [0.5, 0.6) is 5.75 Å². The monoisotopic (exact) mass is 410 g/mol. The normalized spacial score (nSPS) is 14.7. The fourth-order valence-electron chi connectivity index (χ4n) is 3.59. The Morgan fingerprint density at radius 1 is 1.17 bits per heavy atom. The number of amides is 1. The van der Waals surface area contributed by atoms with Gasteiger partial charge in [-0.05, 0) is 24.1 Å². The van der Waals surface area contributed by atoms with Crippen LogP contribution < -0.4 is 15.4 Å². The molecule has 10 nitrogen and oxygen atoms in total. The van der Waals surface area contributed by atoms with Crippen molar-refractivity contribution >= 4 is 28.8 Å². The quantitative estimate of drug-likeness (QED) is 0.471. The number of aromatic amines is 1. The van der Waals surface area contributed by atoms with Crippen LogP contribution >= 0.6 is 0 Å². The van der Waals surface area contributed by atoms with Crippen molar-refractivity contribution in [3.8, 4) is 5.75 Å². The summed E-state index contributed by atoms with van der Waals surface area (Å²) in [4.78, 5) is 33.8. The lowest BCUT2D eigenvalue weighted by atomic mass is 10.1. The minimum atomic E-state index is -0.867. The largest absolute Gasteiger partial charge is 0.410 e. The van der Waals surface area contributed by atoms with Crippen molar-refractivity contribution in [1.82, 2.24) is 14.9 Å². The third-order valence-electron chi connectivity index (χ3n) is 5.21. The van der Waals surface area contributed by atoms with E-state index in [0.717, 1.165) is 56.2 Å². The van der Waals surface area contributed by atoms with E-state index in [1.165, 1.54) is 0 Å². The number of nitrogens with zero attached hydrogens (tertiary/aromatic N) is 4. The number of non-ortho nitro benzene ring substituents is 1. The number of carbonyl (C=O) groups excluding carboxylic acids is 1. The molecule has 1 aliphatic heterocycles. The summed E-state index contributed by atoms with van der Waals surface area (Å²) < 4.78 is 5.03. The molecule has 2 heterocycles. The molecule has 10 heteroatoms. The van der Waals surface area contributed by atoms with E-state index in [2.05, 4.69) is 19.8 Å². The summed E-state index contributed by atoms with van der Waals surface area (Å²) in [6, 6.07) is 12.0. The van der Waals surface area contributed by atoms with Gasteiger partial charge in [0.1, 0.15) is 5.52 Å². The number of aromatic nitrogens is 2. The lowest BCUT2D eigenvalue weighted by Gasteiger charge is -2.34. The second-order valence-corrected chi connectivity index (χ2v) is 7.14. The molecule has 3 aromatic rings. The van der Waals surface area contributed by atoms with Gasteiger partial charge in [0.2, 0.25) is 5.95 Å². The Hall–Kier alpha value is -3.66. The third kappa shape index (κ3) is 4.33. The molecule has 156 valence electrons. The standard InChI is InChI=1S/C20H22N6O4/c21-19(27)30-17-3-1-2-16-18(17)23-20(22-16)25-12-10-24(11-13-25)9-8-14-4-6-15(7-5-14)26(28)29/h1-7H,8-13H2,(H2,21,27)(H,22,23). The maximum Gasteiger partial charge on any atom is 0.410 e. The summed E-state index contributed by atoms with van der Waals surface area (Å²) in [6.45, 7) is 4.28. The summed E-state index contributed by atoms with van der Waals surface area (Å²) >= 11 is 0. The first-order chi connectivity index (χ1) is 14.5. The number of imidazole rings is 1. The Morgan fingerprint density at radius 2 is 1.90 bits per heavy atom. The third-order valence-corrected chi connectivity index (χ3v) is 5.21. The smallest absolute Gasteiger partial charge is 0.408 e. The van der Waals surface area contributed by atoms with Crippen molar-refractivity contribution in [3.05, 3.63) is 58.1 Å². The highest BCUT2D eigenvalue weighted by Crippen LogP contribution is 2.26. The van der Waals surface area contributed by atoms with Crippen molar-refractivity contribution in [2.45, 2.75) is 6.42 Å². The second-order valence-electron chi connectivity index (χ2n) is 7.14. The molecule has 1 aliphatic rings. The number of benzene rings is 2. The summed E-state index contributed by atoms with van der Waals surface area (Å²) in [5.41, 5.74) is 7.68. The Kier molecular flexibility index (Phi) is 5.48. The van der Waals surface area contributed by atoms with Crippen LogP contribution in [0, 0.1) is 10.1 Å². The highest BCUT2D eigenvalue weighted by atomic mass is 16.6. The number of hydrogen-bond donors (Lipinski definition) is 2. The van der Waals surface area contributed by atoms with Gasteiger partial charge in [-0.3, -0.25) is 15.0 Å². The van der Waals surface area contributed by atoms with Gasteiger partial charge in [0, 0.05) is 44.9 Å². The Bertz CT molecular complexity index is 1060. The first-order valence-electron chi connectivity index (χ1n) is 9.66. The van der Waals surface area contributed by atoms with Gasteiger partial charge in [-0.25, -0.2) is 9.78 Å². The van der Waals surface area contributed by atoms with Crippen molar-refractivity contribution < 1.29 is 14.5 Å². The van der Waals surface area contributed by atoms with Crippen LogP contribution in [0.1, 0.15) is 5.56 Å². The Labute approximate surface area is 172 Å². The number of nitro groups is 1. The van der Waals surface area contributed by atoms with Crippen LogP contribution in [-0.4, -0.2) is 58.6 Å². The number of fused-ring (bicyclic) bond motifs is 1. The molecule has 0 spiro atoms. The molecule has 2 aromatic carbocycles. The summed E-state index contributed by atoms with van der Waals surface area (Å²) in [5, 5.41) is 10.7. The number of piperazine rings is 1. The maximum atomic E-state index is 11.1. The molecule has 1 saturated heterocycles. The number of nitrogens with one attached hydrogen (secondary N) is 1. The van der Waals surface area contributed by atoms with Gasteiger partial charge in [-0.1, -0.05) is 18.2 Å². The predicted octanol–water partition coefficient (Wildman–Crippen LogP) is 2.29. The molecule has 0 saturated carbocycles. The van der Waals surface area contributed by atoms with Crippen LogP contribution in [0.4, 0.5) is 16.4 Å². The zero-order chi connectivity index (χ0) is 21.1. The fourth-order valence-corrected chi connectivity index (χ4v) is 3.59. The van der Waals surface area contributed by atoms with Crippen molar-refractivity contribution in [2.75, 3.05) is 37.6 Å². The van der Waals surface area contributed by atoms with Crippen LogP contribution in [0.2, 0.25) is 0 Å². The van der Waals surface area contributed by atoms with Gasteiger partial charge in [0.05, 0.1) is 10.4 Å². The van der Waals surface area contributed by atoms with Gasteiger partial charge in [-0.15, -0.1) is 0 Å². The molecule has 0 aliphatic carbocycles. The minimum absolute atomic E-state index is 0.114. The molecule has 30 heavy (non-hydrogen) atoms. The van der Waals surface area contributed by atoms with E-state index < -0.39 is 6.09 Å². The molecule has 1 fully saturated rings. The fraction of sp³-hybridized carbons (Fsp3) is 0.300. The number of hydrogen-bond acceptors (Lipinski definition) is 7. The summed E-state index contributed by atoms with van der Waals surface area (Å²) in [7, 11) is 0. The van der Waals surface area contributed by atoms with E-state index in [1.807, 2.05) is 18.2 Å². The van der Waals surface area contributed by atoms with Crippen molar-refractivity contribution in [2.24, 2.45) is 5.73 Å². The van der Waals surface area contributed by atoms with E-state index >= 15 is 0 Å². The van der Waals surface area contributed by atoms with Crippen LogP contribution in [0.25, 0.3) is 11.0 Å². The number of primary amides is 1. The van der Waals surface area contributed by atoms with E-state index in [1.54, 1.807) is 24.3 Å². The molecular formula is C20H22N6O4. The number of carbonyl (C=O) groups is 1. The lowest BCUT2D eigenvalue weighted by Crippen LogP contribution is -2.47. The molecular weight excluding hydrogens is 388 g/mol. The summed E-state index contributed by atoms with van der Waals surface area (Å²) in [6.07, 6.45) is -0.0233. The van der Waals surface area contributed by atoms with E-state index in [0.29, 0.717) is 11.3 Å². The molecule has 4 rings (SSSR count). The average Bonchev–Trinajstić information content (AvgIpc) is 3.18. The zero-order valence-corrected chi connectivity index (χ0v) is 16.3. The minimum Gasteiger partial charge on any atom is -0.408 e. The van der Waals surface area contributed by atoms with Crippen molar-refractivity contribution in [1.29, 1.82) is 0 Å². The Morgan fingerprint density at radius 3 is 2.57 bits per heavy atom. The lowest BCUT2D eigenvalue weighted by molar-refractivity contribution is -0.384. The molecule has 0 atom stereocenters. The number of anilines is 1. The SMILES string of the molecule is NC(=O)Oc1cccc2[nH]c(N3CCN(CCc4ccc([N+](=O)[O-])cc4)CC3)nc12. The molecule has 1 aromatic heterocycles. The molecule has 0 bridgehead atoms.